The Labute approximate surface area is 221 Å². The number of fused-ring (bicyclic) bond motifs is 1. The third kappa shape index (κ3) is 8.86. The highest BCUT2D eigenvalue weighted by Gasteiger charge is 2.08. The molecule has 0 unspecified atom stereocenters. The van der Waals surface area contributed by atoms with Crippen LogP contribution in [0.15, 0.2) is 84.6 Å². The number of aliphatic imine (C=N–C) groups is 1. The zero-order valence-corrected chi connectivity index (χ0v) is 22.0. The van der Waals surface area contributed by atoms with Gasteiger partial charge in [-0.1, -0.05) is 36.4 Å². The second-order valence-corrected chi connectivity index (χ2v) is 9.86. The van der Waals surface area contributed by atoms with Gasteiger partial charge in [0, 0.05) is 11.1 Å². The highest BCUT2D eigenvalue weighted by Crippen LogP contribution is 2.32. The summed E-state index contributed by atoms with van der Waals surface area (Å²) in [6.07, 6.45) is 2.58. The van der Waals surface area contributed by atoms with Crippen molar-refractivity contribution in [1.82, 2.24) is 9.97 Å². The Bertz CT molecular complexity index is 1410. The van der Waals surface area contributed by atoms with E-state index in [9.17, 15) is 9.50 Å². The molecule has 37 heavy (non-hydrogen) atoms. The Kier molecular flexibility index (Phi) is 9.16. The number of rotatable bonds is 7. The van der Waals surface area contributed by atoms with Crippen LogP contribution in [0.25, 0.3) is 10.9 Å². The van der Waals surface area contributed by atoms with Gasteiger partial charge in [-0.3, -0.25) is 4.99 Å². The summed E-state index contributed by atoms with van der Waals surface area (Å²) in [7, 11) is 8.50. The summed E-state index contributed by atoms with van der Waals surface area (Å²) in [5.74, 6) is 0.246. The number of quaternary nitrogens is 1. The second-order valence-electron chi connectivity index (χ2n) is 9.45. The lowest BCUT2D eigenvalue weighted by molar-refractivity contribution is -0.849. The van der Waals surface area contributed by atoms with E-state index < -0.39 is 5.90 Å². The Morgan fingerprint density at radius 2 is 1.86 bits per heavy atom. The van der Waals surface area contributed by atoms with Crippen molar-refractivity contribution in [3.8, 4) is 5.75 Å². The molecule has 192 valence electrons. The van der Waals surface area contributed by atoms with Gasteiger partial charge in [0.1, 0.15) is 30.3 Å². The Morgan fingerprint density at radius 1 is 1.11 bits per heavy atom. The number of nitrogens with zero attached hydrogens (tertiary/aromatic N) is 4. The molecule has 0 amide bonds. The van der Waals surface area contributed by atoms with Crippen LogP contribution >= 0.6 is 11.6 Å². The molecule has 4 aromatic rings. The molecule has 3 aromatic carbocycles. The minimum absolute atomic E-state index is 0.191. The summed E-state index contributed by atoms with van der Waals surface area (Å²) >= 11 is 6.38. The molecule has 0 atom stereocenters. The van der Waals surface area contributed by atoms with Crippen LogP contribution in [0.5, 0.6) is 5.75 Å². The van der Waals surface area contributed by atoms with E-state index in [1.54, 1.807) is 48.5 Å². The highest BCUT2D eigenvalue weighted by atomic mass is 35.5. The van der Waals surface area contributed by atoms with Crippen molar-refractivity contribution in [2.45, 2.75) is 6.61 Å². The fourth-order valence-electron chi connectivity index (χ4n) is 3.01. The maximum absolute atomic E-state index is 13.3. The van der Waals surface area contributed by atoms with Gasteiger partial charge in [-0.15, -0.1) is 0 Å². The lowest BCUT2D eigenvalue weighted by Crippen LogP contribution is -2.27. The number of hydrogen-bond donors (Lipinski definition) is 1. The summed E-state index contributed by atoms with van der Waals surface area (Å²) in [5, 5.41) is 15.8. The first kappa shape index (κ1) is 27.6. The van der Waals surface area contributed by atoms with E-state index in [4.69, 9.17) is 16.3 Å². The van der Waals surface area contributed by atoms with Crippen molar-refractivity contribution >= 4 is 45.6 Å². The molecule has 0 aliphatic rings. The van der Waals surface area contributed by atoms with Crippen LogP contribution in [0.1, 0.15) is 5.56 Å². The first-order valence-electron chi connectivity index (χ1n) is 11.4. The van der Waals surface area contributed by atoms with Crippen LogP contribution in [-0.2, 0) is 6.61 Å². The molecule has 9 heteroatoms. The number of aromatic nitrogens is 2. The molecular formula is C28H29ClFN5O2. The SMILES string of the molecule is C=CC([O-])=Nc1ccc2ncnc(Nc3ccc(OCc4cccc(F)c4)c(Cl)c3)c2c1.C[N+](C)(C)C. The topological polar surface area (TPSA) is 82.5 Å². The molecule has 1 aromatic heterocycles. The first-order chi connectivity index (χ1) is 17.5. The van der Waals surface area contributed by atoms with Crippen molar-refractivity contribution in [2.75, 3.05) is 33.5 Å². The normalized spacial score (nSPS) is 11.5. The van der Waals surface area contributed by atoms with Crippen LogP contribution < -0.4 is 15.2 Å². The minimum atomic E-state index is -0.434. The smallest absolute Gasteiger partial charge is 0.141 e. The van der Waals surface area contributed by atoms with Crippen LogP contribution in [0.2, 0.25) is 5.02 Å². The van der Waals surface area contributed by atoms with E-state index in [2.05, 4.69) is 55.0 Å². The summed E-state index contributed by atoms with van der Waals surface area (Å²) in [4.78, 5) is 12.5. The summed E-state index contributed by atoms with van der Waals surface area (Å²) in [6, 6.07) is 16.6. The zero-order valence-electron chi connectivity index (χ0n) is 21.2. The Hall–Kier alpha value is -4.01. The van der Waals surface area contributed by atoms with Crippen molar-refractivity contribution in [2.24, 2.45) is 4.99 Å². The standard InChI is InChI=1S/C24H18ClFN4O2.C4H12N/c1-2-23(31)29-17-6-8-21-19(11-17)24(28-14-27-21)30-18-7-9-22(20(25)12-18)32-13-15-4-3-5-16(26)10-15;1-5(2,3)4/h2-12,14H,1,13H2,(H,29,31)(H,27,28,30);1-4H3/q;+1/p-1. The molecule has 0 radical (unpaired) electrons. The van der Waals surface area contributed by atoms with Crippen LogP contribution in [0.3, 0.4) is 0 Å². The lowest BCUT2D eigenvalue weighted by atomic mass is 10.2. The van der Waals surface area contributed by atoms with Gasteiger partial charge in [0.15, 0.2) is 0 Å². The maximum atomic E-state index is 13.3. The molecule has 0 saturated carbocycles. The number of benzene rings is 3. The Morgan fingerprint density at radius 3 is 2.54 bits per heavy atom. The van der Waals surface area contributed by atoms with Crippen molar-refractivity contribution in [1.29, 1.82) is 0 Å². The molecule has 4 rings (SSSR count). The molecule has 7 nitrogen and oxygen atoms in total. The number of halogens is 2. The monoisotopic (exact) mass is 521 g/mol. The first-order valence-corrected chi connectivity index (χ1v) is 11.8. The van der Waals surface area contributed by atoms with E-state index in [0.29, 0.717) is 44.4 Å². The van der Waals surface area contributed by atoms with Crippen molar-refractivity contribution in [3.05, 3.63) is 96.0 Å². The molecule has 0 aliphatic carbocycles. The average Bonchev–Trinajstić information content (AvgIpc) is 2.83. The summed E-state index contributed by atoms with van der Waals surface area (Å²) in [6.45, 7) is 3.61. The number of hydrogen-bond acceptors (Lipinski definition) is 6. The van der Waals surface area contributed by atoms with Gasteiger partial charge in [-0.2, -0.15) is 0 Å². The van der Waals surface area contributed by atoms with Gasteiger partial charge in [-0.25, -0.2) is 14.4 Å². The van der Waals surface area contributed by atoms with Gasteiger partial charge in [-0.05, 0) is 60.0 Å². The van der Waals surface area contributed by atoms with E-state index in [1.807, 2.05) is 0 Å². The van der Waals surface area contributed by atoms with Gasteiger partial charge < -0.3 is 19.6 Å². The molecule has 1 heterocycles. The number of anilines is 2. The minimum Gasteiger partial charge on any atom is -0.859 e. The molecule has 1 N–H and O–H groups in total. The average molecular weight is 522 g/mol. The predicted molar refractivity (Wildman–Crippen MR) is 146 cm³/mol. The highest BCUT2D eigenvalue weighted by molar-refractivity contribution is 6.32. The molecular weight excluding hydrogens is 493 g/mol. The van der Waals surface area contributed by atoms with Gasteiger partial charge in [0.25, 0.3) is 0 Å². The van der Waals surface area contributed by atoms with Gasteiger partial charge >= 0.3 is 0 Å². The number of nitrogens with one attached hydrogen (secondary N) is 1. The van der Waals surface area contributed by atoms with Crippen LogP contribution in [0.4, 0.5) is 21.6 Å². The van der Waals surface area contributed by atoms with Crippen LogP contribution in [0, 0.1) is 5.82 Å². The molecule has 0 aliphatic heterocycles. The summed E-state index contributed by atoms with van der Waals surface area (Å²) in [5.41, 5.74) is 2.54. The van der Waals surface area contributed by atoms with Crippen LogP contribution in [-0.4, -0.2) is 48.5 Å². The Balaban J connectivity index is 0.000000695. The van der Waals surface area contributed by atoms with Gasteiger partial charge in [0.2, 0.25) is 0 Å². The molecule has 0 fully saturated rings. The van der Waals surface area contributed by atoms with Gasteiger partial charge in [0.05, 0.1) is 44.4 Å². The fourth-order valence-corrected chi connectivity index (χ4v) is 3.24. The fraction of sp³-hybridized carbons (Fsp3) is 0.179. The predicted octanol–water partition coefficient (Wildman–Crippen LogP) is 5.64. The van der Waals surface area contributed by atoms with Crippen molar-refractivity contribution in [3.63, 3.8) is 0 Å². The third-order valence-corrected chi connectivity index (χ3v) is 4.81. The second kappa shape index (κ2) is 12.3. The van der Waals surface area contributed by atoms with E-state index in [0.717, 1.165) is 10.6 Å². The zero-order chi connectivity index (χ0) is 27.0. The summed E-state index contributed by atoms with van der Waals surface area (Å²) < 4.78 is 20.0. The quantitative estimate of drug-likeness (QED) is 0.193. The molecule has 0 spiro atoms. The third-order valence-electron chi connectivity index (χ3n) is 4.51. The maximum Gasteiger partial charge on any atom is 0.141 e. The lowest BCUT2D eigenvalue weighted by Gasteiger charge is -2.14. The van der Waals surface area contributed by atoms with Crippen molar-refractivity contribution < 1.29 is 18.7 Å². The largest absolute Gasteiger partial charge is 0.859 e. The molecule has 0 saturated heterocycles. The molecule has 0 bridgehead atoms. The van der Waals surface area contributed by atoms with E-state index in [1.165, 1.54) is 18.5 Å². The van der Waals surface area contributed by atoms with E-state index >= 15 is 0 Å². The van der Waals surface area contributed by atoms with E-state index in [-0.39, 0.29) is 12.4 Å². The number of ether oxygens (including phenoxy) is 1.